The maximum absolute atomic E-state index is 13.8. The van der Waals surface area contributed by atoms with Gasteiger partial charge < -0.3 is 25.2 Å². The van der Waals surface area contributed by atoms with Gasteiger partial charge in [0.1, 0.15) is 24.4 Å². The van der Waals surface area contributed by atoms with Crippen LogP contribution in [0.1, 0.15) is 20.3 Å². The molecule has 2 amide bonds. The Hall–Kier alpha value is -4.47. The Labute approximate surface area is 218 Å². The minimum atomic E-state index is -1.45. The third-order valence-corrected chi connectivity index (χ3v) is 5.66. The van der Waals surface area contributed by atoms with Gasteiger partial charge in [-0.05, 0) is 29.5 Å². The fourth-order valence-corrected chi connectivity index (χ4v) is 3.71. The lowest BCUT2D eigenvalue weighted by atomic mass is 10.0. The van der Waals surface area contributed by atoms with Crippen LogP contribution in [-0.4, -0.2) is 54.0 Å². The molecule has 0 aromatic heterocycles. The molecule has 0 aliphatic rings. The highest BCUT2D eigenvalue weighted by Gasteiger charge is 2.30. The molecule has 0 unspecified atom stereocenters. The Morgan fingerprint density at radius 1 is 0.842 bits per heavy atom. The molecule has 9 nitrogen and oxygen atoms in total. The number of hydrogen-bond donors (Lipinski definition) is 3. The van der Waals surface area contributed by atoms with Gasteiger partial charge >= 0.3 is 5.97 Å². The lowest BCUT2D eigenvalue weighted by Gasteiger charge is -2.24. The van der Waals surface area contributed by atoms with Gasteiger partial charge in [0, 0.05) is 5.39 Å². The van der Waals surface area contributed by atoms with E-state index in [2.05, 4.69) is 10.6 Å². The molecule has 0 radical (unpaired) electrons. The van der Waals surface area contributed by atoms with E-state index < -0.39 is 60.4 Å². The van der Waals surface area contributed by atoms with Crippen LogP contribution in [0.25, 0.3) is 10.8 Å². The van der Waals surface area contributed by atoms with Crippen molar-refractivity contribution in [2.45, 2.75) is 32.4 Å². The first kappa shape index (κ1) is 28.1. The van der Waals surface area contributed by atoms with Gasteiger partial charge in [0.25, 0.3) is 5.91 Å². The Balaban J connectivity index is 1.62. The number of amides is 2. The molecule has 38 heavy (non-hydrogen) atoms. The highest BCUT2D eigenvalue weighted by molar-refractivity contribution is 5.95. The molecule has 0 aliphatic heterocycles. The second kappa shape index (κ2) is 13.2. The molecule has 0 aliphatic carbocycles. The predicted octanol–water partition coefficient (Wildman–Crippen LogP) is 3.11. The number of ether oxygens (including phenoxy) is 2. The number of carboxylic acid groups (broad SMARTS) is 1. The molecule has 0 saturated carbocycles. The van der Waals surface area contributed by atoms with E-state index in [1.807, 2.05) is 30.3 Å². The number of Topliss-reactive ketones (excluding diaryl/α,β-unsaturated/α-hetero) is 1. The summed E-state index contributed by atoms with van der Waals surface area (Å²) in [5.74, 6) is -4.18. The van der Waals surface area contributed by atoms with Crippen molar-refractivity contribution < 1.29 is 38.1 Å². The molecular formula is C28H29FN2O7. The number of carbonyl (C=O) groups is 4. The van der Waals surface area contributed by atoms with Crippen LogP contribution in [0.3, 0.4) is 0 Å². The lowest BCUT2D eigenvalue weighted by molar-refractivity contribution is -0.141. The largest absolute Gasteiger partial charge is 0.483 e. The Kier molecular flexibility index (Phi) is 9.75. The highest BCUT2D eigenvalue weighted by atomic mass is 19.1. The molecule has 10 heteroatoms. The fourth-order valence-electron chi connectivity index (χ4n) is 3.71. The molecule has 3 aromatic carbocycles. The first-order chi connectivity index (χ1) is 18.2. The van der Waals surface area contributed by atoms with Crippen LogP contribution in [0.2, 0.25) is 0 Å². The van der Waals surface area contributed by atoms with Crippen molar-refractivity contribution in [1.29, 1.82) is 0 Å². The molecule has 0 bridgehead atoms. The van der Waals surface area contributed by atoms with Crippen LogP contribution >= 0.6 is 0 Å². The van der Waals surface area contributed by atoms with Crippen LogP contribution in [0, 0.1) is 11.7 Å². The molecule has 2 atom stereocenters. The summed E-state index contributed by atoms with van der Waals surface area (Å²) in [4.78, 5) is 49.6. The van der Waals surface area contributed by atoms with E-state index in [0.29, 0.717) is 5.75 Å². The van der Waals surface area contributed by atoms with Gasteiger partial charge in [0.15, 0.2) is 24.0 Å². The first-order valence-corrected chi connectivity index (χ1v) is 12.0. The SMILES string of the molecule is CC(C)[C@H](NC(=O)COc1cccc2ccccc12)C(=O)N[C@@H](CC(=O)O)C(=O)COc1ccccc1F. The molecule has 3 aromatic rings. The maximum Gasteiger partial charge on any atom is 0.305 e. The third kappa shape index (κ3) is 7.76. The first-order valence-electron chi connectivity index (χ1n) is 12.0. The number of carbonyl (C=O) groups excluding carboxylic acids is 3. The number of para-hydroxylation sites is 1. The zero-order chi connectivity index (χ0) is 27.7. The average molecular weight is 525 g/mol. The van der Waals surface area contributed by atoms with Crippen LogP contribution in [0.5, 0.6) is 11.5 Å². The maximum atomic E-state index is 13.8. The van der Waals surface area contributed by atoms with Crippen LogP contribution in [0.15, 0.2) is 66.7 Å². The van der Waals surface area contributed by atoms with Crippen LogP contribution in [-0.2, 0) is 19.2 Å². The van der Waals surface area contributed by atoms with E-state index >= 15 is 0 Å². The van der Waals surface area contributed by atoms with Crippen molar-refractivity contribution >= 4 is 34.3 Å². The molecule has 200 valence electrons. The summed E-state index contributed by atoms with van der Waals surface area (Å²) in [6.45, 7) is 2.35. The highest BCUT2D eigenvalue weighted by Crippen LogP contribution is 2.25. The minimum absolute atomic E-state index is 0.181. The topological polar surface area (TPSA) is 131 Å². The summed E-state index contributed by atoms with van der Waals surface area (Å²) in [5, 5.41) is 16.0. The number of carboxylic acids is 1. The lowest BCUT2D eigenvalue weighted by Crippen LogP contribution is -2.55. The normalized spacial score (nSPS) is 12.4. The molecule has 0 fully saturated rings. The van der Waals surface area contributed by atoms with Gasteiger partial charge in [-0.1, -0.05) is 62.4 Å². The zero-order valence-corrected chi connectivity index (χ0v) is 21.0. The number of hydrogen-bond acceptors (Lipinski definition) is 6. The van der Waals surface area contributed by atoms with Gasteiger partial charge in [-0.3, -0.25) is 19.2 Å². The van der Waals surface area contributed by atoms with Crippen molar-refractivity contribution in [1.82, 2.24) is 10.6 Å². The van der Waals surface area contributed by atoms with E-state index in [9.17, 15) is 28.7 Å². The van der Waals surface area contributed by atoms with Crippen molar-refractivity contribution in [3.05, 3.63) is 72.5 Å². The molecular weight excluding hydrogens is 495 g/mol. The summed E-state index contributed by atoms with van der Waals surface area (Å²) >= 11 is 0. The number of nitrogens with one attached hydrogen (secondary N) is 2. The summed E-state index contributed by atoms with van der Waals surface area (Å²) < 4.78 is 24.6. The van der Waals surface area contributed by atoms with Gasteiger partial charge in [0.2, 0.25) is 5.91 Å². The van der Waals surface area contributed by atoms with E-state index in [0.717, 1.165) is 16.8 Å². The van der Waals surface area contributed by atoms with E-state index in [1.165, 1.54) is 18.2 Å². The third-order valence-electron chi connectivity index (χ3n) is 5.66. The number of aliphatic carboxylic acids is 1. The van der Waals surface area contributed by atoms with Crippen molar-refractivity contribution in [2.75, 3.05) is 13.2 Å². The predicted molar refractivity (Wildman–Crippen MR) is 137 cm³/mol. The minimum Gasteiger partial charge on any atom is -0.483 e. The average Bonchev–Trinajstić information content (AvgIpc) is 2.89. The van der Waals surface area contributed by atoms with Crippen molar-refractivity contribution in [3.8, 4) is 11.5 Å². The molecule has 0 spiro atoms. The van der Waals surface area contributed by atoms with Gasteiger partial charge in [-0.25, -0.2) is 4.39 Å². The van der Waals surface area contributed by atoms with Gasteiger partial charge in [-0.15, -0.1) is 0 Å². The Morgan fingerprint density at radius 2 is 1.47 bits per heavy atom. The molecule has 3 N–H and O–H groups in total. The van der Waals surface area contributed by atoms with Crippen molar-refractivity contribution in [3.63, 3.8) is 0 Å². The Bertz CT molecular complexity index is 1310. The monoisotopic (exact) mass is 524 g/mol. The molecule has 0 saturated heterocycles. The fraction of sp³-hybridized carbons (Fsp3) is 0.286. The number of halogens is 1. The second-order valence-electron chi connectivity index (χ2n) is 8.90. The number of benzene rings is 3. The van der Waals surface area contributed by atoms with E-state index in [1.54, 1.807) is 26.0 Å². The van der Waals surface area contributed by atoms with Gasteiger partial charge in [-0.2, -0.15) is 0 Å². The smallest absolute Gasteiger partial charge is 0.305 e. The molecule has 0 heterocycles. The van der Waals surface area contributed by atoms with Gasteiger partial charge in [0.05, 0.1) is 6.42 Å². The van der Waals surface area contributed by atoms with Crippen LogP contribution in [0.4, 0.5) is 4.39 Å². The zero-order valence-electron chi connectivity index (χ0n) is 21.0. The molecule has 3 rings (SSSR count). The number of fused-ring (bicyclic) bond motifs is 1. The Morgan fingerprint density at radius 3 is 2.18 bits per heavy atom. The summed E-state index contributed by atoms with van der Waals surface area (Å²) in [6, 6.07) is 15.9. The number of rotatable bonds is 13. The van der Waals surface area contributed by atoms with Crippen molar-refractivity contribution in [2.24, 2.45) is 5.92 Å². The number of ketones is 1. The summed E-state index contributed by atoms with van der Waals surface area (Å²) in [5.41, 5.74) is 0. The summed E-state index contributed by atoms with van der Waals surface area (Å²) in [6.07, 6.45) is -0.714. The summed E-state index contributed by atoms with van der Waals surface area (Å²) in [7, 11) is 0. The van der Waals surface area contributed by atoms with E-state index in [4.69, 9.17) is 9.47 Å². The van der Waals surface area contributed by atoms with E-state index in [-0.39, 0.29) is 12.4 Å². The second-order valence-corrected chi connectivity index (χ2v) is 8.90. The standard InChI is InChI=1S/C28H29FN2O7/c1-17(2)27(31-25(33)16-38-23-13-7-9-18-8-3-4-10-19(18)23)28(36)30-21(14-26(34)35)22(32)15-37-24-12-6-5-11-20(24)29/h3-13,17,21,27H,14-16H2,1-2H3,(H,30,36)(H,31,33)(H,34,35)/t21-,27-/m0/s1. The quantitative estimate of drug-likeness (QED) is 0.313. The van der Waals surface area contributed by atoms with Crippen LogP contribution < -0.4 is 20.1 Å².